The highest BCUT2D eigenvalue weighted by Gasteiger charge is 2.33. The molecule has 0 spiro atoms. The van der Waals surface area contributed by atoms with Crippen LogP contribution in [0.1, 0.15) is 24.5 Å². The molecule has 2 heterocycles. The summed E-state index contributed by atoms with van der Waals surface area (Å²) in [5, 5.41) is 5.18. The average Bonchev–Trinajstić information content (AvgIpc) is 2.87. The van der Waals surface area contributed by atoms with E-state index in [-0.39, 0.29) is 21.4 Å². The molecule has 9 nitrogen and oxygen atoms in total. The summed E-state index contributed by atoms with van der Waals surface area (Å²) in [6.07, 6.45) is 3.60. The monoisotopic (exact) mass is 554 g/mol. The van der Waals surface area contributed by atoms with E-state index in [2.05, 4.69) is 9.97 Å². The summed E-state index contributed by atoms with van der Waals surface area (Å²) >= 11 is 0. The molecule has 1 aliphatic rings. The molecule has 5 rings (SSSR count). The summed E-state index contributed by atoms with van der Waals surface area (Å²) in [6, 6.07) is 14.8. The van der Waals surface area contributed by atoms with E-state index in [4.69, 9.17) is 5.14 Å². The van der Waals surface area contributed by atoms with Gasteiger partial charge in [-0.2, -0.15) is 0 Å². The fourth-order valence-electron chi connectivity index (χ4n) is 4.66. The number of carbonyl (C=O) groups is 1. The normalized spacial score (nSPS) is 16.7. The number of aromatic nitrogens is 2. The summed E-state index contributed by atoms with van der Waals surface area (Å²) in [6.45, 7) is 0.310. The molecular formula is C26H23FN4O5S2. The molecule has 1 saturated heterocycles. The number of fused-ring (bicyclic) bond motifs is 1. The highest BCUT2D eigenvalue weighted by atomic mass is 32.2. The maximum Gasteiger partial charge on any atom is 0.238 e. The van der Waals surface area contributed by atoms with E-state index in [1.54, 1.807) is 24.3 Å². The fourth-order valence-corrected chi connectivity index (χ4v) is 6.11. The Bertz CT molecular complexity index is 1810. The van der Waals surface area contributed by atoms with E-state index in [0.717, 1.165) is 6.26 Å². The molecule has 0 bridgehead atoms. The van der Waals surface area contributed by atoms with Gasteiger partial charge in [-0.05, 0) is 54.8 Å². The van der Waals surface area contributed by atoms with E-state index < -0.39 is 31.6 Å². The van der Waals surface area contributed by atoms with Crippen LogP contribution in [0.3, 0.4) is 0 Å². The van der Waals surface area contributed by atoms with Gasteiger partial charge in [0, 0.05) is 24.6 Å². The minimum Gasteiger partial charge on any atom is -0.309 e. The van der Waals surface area contributed by atoms with Crippen molar-refractivity contribution in [3.8, 4) is 11.1 Å². The van der Waals surface area contributed by atoms with Gasteiger partial charge in [-0.15, -0.1) is 0 Å². The van der Waals surface area contributed by atoms with Gasteiger partial charge < -0.3 is 4.90 Å². The topological polar surface area (TPSA) is 140 Å². The zero-order valence-electron chi connectivity index (χ0n) is 20.2. The van der Waals surface area contributed by atoms with Crippen molar-refractivity contribution < 1.29 is 26.0 Å². The maximum absolute atomic E-state index is 15.4. The van der Waals surface area contributed by atoms with E-state index in [1.807, 2.05) is 0 Å². The molecule has 1 aliphatic heterocycles. The zero-order chi connectivity index (χ0) is 27.2. The van der Waals surface area contributed by atoms with Crippen LogP contribution in [-0.4, -0.2) is 45.5 Å². The Morgan fingerprint density at radius 1 is 1.00 bits per heavy atom. The second-order valence-electron chi connectivity index (χ2n) is 9.11. The number of benzene rings is 3. The molecule has 1 atom stereocenters. The first-order valence-electron chi connectivity index (χ1n) is 11.6. The smallest absolute Gasteiger partial charge is 0.238 e. The lowest BCUT2D eigenvalue weighted by Gasteiger charge is -2.32. The first-order chi connectivity index (χ1) is 17.9. The lowest BCUT2D eigenvalue weighted by atomic mass is 9.93. The van der Waals surface area contributed by atoms with Crippen LogP contribution in [0.5, 0.6) is 0 Å². The van der Waals surface area contributed by atoms with Crippen LogP contribution in [0.2, 0.25) is 0 Å². The number of halogens is 1. The minimum absolute atomic E-state index is 0.0897. The van der Waals surface area contributed by atoms with Crippen LogP contribution in [0.25, 0.3) is 22.2 Å². The Morgan fingerprint density at radius 3 is 2.47 bits per heavy atom. The number of hydrogen-bond donors (Lipinski definition) is 1. The van der Waals surface area contributed by atoms with Crippen molar-refractivity contribution in [3.63, 3.8) is 0 Å². The predicted octanol–water partition coefficient (Wildman–Crippen LogP) is 3.40. The van der Waals surface area contributed by atoms with Crippen LogP contribution < -0.4 is 10.0 Å². The number of sulfone groups is 1. The van der Waals surface area contributed by atoms with Gasteiger partial charge in [0.1, 0.15) is 5.82 Å². The Kier molecular flexibility index (Phi) is 6.49. The molecule has 38 heavy (non-hydrogen) atoms. The molecule has 4 aromatic rings. The first-order valence-corrected chi connectivity index (χ1v) is 15.1. The van der Waals surface area contributed by atoms with Gasteiger partial charge in [-0.3, -0.25) is 9.78 Å². The Labute approximate surface area is 219 Å². The molecular weight excluding hydrogens is 531 g/mol. The minimum atomic E-state index is -3.90. The molecule has 0 aliphatic carbocycles. The third-order valence-electron chi connectivity index (χ3n) is 6.49. The molecule has 1 amide bonds. The van der Waals surface area contributed by atoms with Gasteiger partial charge in [0.25, 0.3) is 0 Å². The van der Waals surface area contributed by atoms with E-state index >= 15 is 4.39 Å². The summed E-state index contributed by atoms with van der Waals surface area (Å²) < 4.78 is 63.0. The molecule has 12 heteroatoms. The summed E-state index contributed by atoms with van der Waals surface area (Å²) in [7, 11) is -7.43. The third-order valence-corrected chi connectivity index (χ3v) is 8.56. The highest BCUT2D eigenvalue weighted by Crippen LogP contribution is 2.35. The van der Waals surface area contributed by atoms with Gasteiger partial charge in [0.2, 0.25) is 15.9 Å². The standard InChI is InChI=1S/C26H23FN4O5S2/c1-37(33,34)25-7-3-2-5-18(25)16-8-11-24(20(27)13-16)31-12-4-6-19(26(31)32)23-15-29-22-14-17(38(28,35)36)9-10-21(22)30-23/h2-3,5,7-11,13-15,19H,4,6,12H2,1H3,(H2,28,35,36). The Balaban J connectivity index is 1.46. The first kappa shape index (κ1) is 25.9. The molecule has 0 radical (unpaired) electrons. The number of nitrogens with two attached hydrogens (primary N) is 1. The van der Waals surface area contributed by atoms with E-state index in [9.17, 15) is 21.6 Å². The lowest BCUT2D eigenvalue weighted by Crippen LogP contribution is -2.41. The van der Waals surface area contributed by atoms with Crippen LogP contribution in [0, 0.1) is 5.82 Å². The van der Waals surface area contributed by atoms with Gasteiger partial charge in [0.15, 0.2) is 9.84 Å². The van der Waals surface area contributed by atoms with Crippen LogP contribution in [0.15, 0.2) is 76.7 Å². The molecule has 3 aromatic carbocycles. The number of piperidine rings is 1. The number of carbonyl (C=O) groups excluding carboxylic acids is 1. The van der Waals surface area contributed by atoms with Gasteiger partial charge in [-0.25, -0.2) is 31.3 Å². The number of anilines is 1. The molecule has 196 valence electrons. The molecule has 1 aromatic heterocycles. The van der Waals surface area contributed by atoms with Crippen molar-refractivity contribution in [1.82, 2.24) is 9.97 Å². The third kappa shape index (κ3) is 4.89. The SMILES string of the molecule is CS(=O)(=O)c1ccccc1-c1ccc(N2CCCC(c3cnc4cc(S(N)(=O)=O)ccc4n3)C2=O)c(F)c1. The van der Waals surface area contributed by atoms with Crippen LogP contribution in [0.4, 0.5) is 10.1 Å². The van der Waals surface area contributed by atoms with Crippen molar-refractivity contribution in [2.24, 2.45) is 5.14 Å². The second-order valence-corrected chi connectivity index (χ2v) is 12.7. The highest BCUT2D eigenvalue weighted by molar-refractivity contribution is 7.90. The molecule has 1 fully saturated rings. The number of primary sulfonamides is 1. The van der Waals surface area contributed by atoms with Crippen molar-refractivity contribution in [3.05, 3.63) is 78.4 Å². The van der Waals surface area contributed by atoms with Gasteiger partial charge >= 0.3 is 0 Å². The van der Waals surface area contributed by atoms with Crippen molar-refractivity contribution >= 4 is 42.5 Å². The molecule has 1 unspecified atom stereocenters. The van der Waals surface area contributed by atoms with Crippen LogP contribution >= 0.6 is 0 Å². The van der Waals surface area contributed by atoms with E-state index in [1.165, 1.54) is 47.5 Å². The number of nitrogens with zero attached hydrogens (tertiary/aromatic N) is 3. The second kappa shape index (κ2) is 9.53. The predicted molar refractivity (Wildman–Crippen MR) is 140 cm³/mol. The Hall–Kier alpha value is -3.74. The lowest BCUT2D eigenvalue weighted by molar-refractivity contribution is -0.121. The zero-order valence-corrected chi connectivity index (χ0v) is 21.8. The average molecular weight is 555 g/mol. The van der Waals surface area contributed by atoms with Crippen molar-refractivity contribution in [2.75, 3.05) is 17.7 Å². The maximum atomic E-state index is 15.4. The fraction of sp³-hybridized carbons (Fsp3) is 0.192. The Morgan fingerprint density at radius 2 is 1.76 bits per heavy atom. The quantitative estimate of drug-likeness (QED) is 0.399. The summed E-state index contributed by atoms with van der Waals surface area (Å²) in [5.41, 5.74) is 1.96. The number of sulfonamides is 1. The molecule has 2 N–H and O–H groups in total. The van der Waals surface area contributed by atoms with E-state index in [0.29, 0.717) is 47.2 Å². The number of rotatable bonds is 5. The van der Waals surface area contributed by atoms with Crippen LogP contribution in [-0.2, 0) is 24.7 Å². The molecule has 0 saturated carbocycles. The summed E-state index contributed by atoms with van der Waals surface area (Å²) in [5.74, 6) is -1.65. The largest absolute Gasteiger partial charge is 0.309 e. The van der Waals surface area contributed by atoms with Crippen molar-refractivity contribution in [2.45, 2.75) is 28.6 Å². The van der Waals surface area contributed by atoms with Gasteiger partial charge in [0.05, 0.1) is 38.1 Å². The summed E-state index contributed by atoms with van der Waals surface area (Å²) in [4.78, 5) is 23.6. The van der Waals surface area contributed by atoms with Crippen molar-refractivity contribution in [1.29, 1.82) is 0 Å². The number of hydrogen-bond acceptors (Lipinski definition) is 7. The van der Waals surface area contributed by atoms with Gasteiger partial charge in [-0.1, -0.05) is 24.3 Å². The number of amides is 1.